The minimum Gasteiger partial charge on any atom is -0.396 e. The molecule has 1 aliphatic heterocycles. The number of aliphatic hydroxyl groups excluding tert-OH is 1. The van der Waals surface area contributed by atoms with Crippen LogP contribution in [0.2, 0.25) is 0 Å². The minimum atomic E-state index is 0.0505. The summed E-state index contributed by atoms with van der Waals surface area (Å²) in [6.45, 7) is 0.641. The smallest absolute Gasteiger partial charge is 0.229 e. The Morgan fingerprint density at radius 2 is 2.29 bits per heavy atom. The van der Waals surface area contributed by atoms with Crippen molar-refractivity contribution in [1.82, 2.24) is 4.98 Å². The Morgan fingerprint density at radius 1 is 1.47 bits per heavy atom. The normalized spacial score (nSPS) is 20.4. The van der Waals surface area contributed by atoms with E-state index in [1.165, 1.54) is 11.3 Å². The molecule has 1 atom stereocenters. The summed E-state index contributed by atoms with van der Waals surface area (Å²) in [7, 11) is 0. The molecule has 1 fully saturated rings. The number of amides is 1. The third-order valence-electron chi connectivity index (χ3n) is 2.98. The largest absolute Gasteiger partial charge is 0.396 e. The summed E-state index contributed by atoms with van der Waals surface area (Å²) < 4.78 is 1.09. The van der Waals surface area contributed by atoms with E-state index in [1.807, 2.05) is 24.3 Å². The molecule has 0 aliphatic carbocycles. The van der Waals surface area contributed by atoms with Gasteiger partial charge in [-0.05, 0) is 12.1 Å². The molecule has 1 N–H and O–H groups in total. The van der Waals surface area contributed by atoms with Crippen molar-refractivity contribution in [2.75, 3.05) is 18.1 Å². The monoisotopic (exact) mass is 248 g/mol. The first-order valence-corrected chi connectivity index (χ1v) is 6.36. The van der Waals surface area contributed by atoms with Crippen LogP contribution in [-0.2, 0) is 4.79 Å². The van der Waals surface area contributed by atoms with Crippen LogP contribution in [-0.4, -0.2) is 29.1 Å². The molecule has 5 heteroatoms. The second-order valence-electron chi connectivity index (χ2n) is 4.22. The molecule has 2 heterocycles. The molecule has 88 valence electrons. The van der Waals surface area contributed by atoms with Gasteiger partial charge in [-0.15, -0.1) is 0 Å². The molecule has 2 aromatic rings. The van der Waals surface area contributed by atoms with Gasteiger partial charge in [0.15, 0.2) is 5.13 Å². The summed E-state index contributed by atoms with van der Waals surface area (Å²) in [4.78, 5) is 17.9. The highest BCUT2D eigenvalue weighted by atomic mass is 32.1. The first-order chi connectivity index (χ1) is 8.28. The van der Waals surface area contributed by atoms with Crippen LogP contribution in [0.3, 0.4) is 0 Å². The van der Waals surface area contributed by atoms with E-state index in [4.69, 9.17) is 5.11 Å². The summed E-state index contributed by atoms with van der Waals surface area (Å²) in [6, 6.07) is 7.85. The molecule has 4 nitrogen and oxygen atoms in total. The van der Waals surface area contributed by atoms with E-state index < -0.39 is 0 Å². The number of para-hydroxylation sites is 1. The Balaban J connectivity index is 1.96. The summed E-state index contributed by atoms with van der Waals surface area (Å²) >= 11 is 1.52. The molecular formula is C12H12N2O2S. The molecule has 0 bridgehead atoms. The number of carbonyl (C=O) groups is 1. The van der Waals surface area contributed by atoms with E-state index in [2.05, 4.69) is 4.98 Å². The number of benzene rings is 1. The topological polar surface area (TPSA) is 53.4 Å². The Bertz CT molecular complexity index is 533. The van der Waals surface area contributed by atoms with Crippen LogP contribution in [0.4, 0.5) is 5.13 Å². The highest BCUT2D eigenvalue weighted by Crippen LogP contribution is 2.32. The van der Waals surface area contributed by atoms with Gasteiger partial charge < -0.3 is 5.11 Å². The van der Waals surface area contributed by atoms with Crippen LogP contribution in [0, 0.1) is 5.92 Å². The maximum absolute atomic E-state index is 11.8. The van der Waals surface area contributed by atoms with Crippen LogP contribution < -0.4 is 4.90 Å². The standard InChI is InChI=1S/C12H12N2O2S/c15-7-8-5-11(16)14(6-8)12-13-9-3-1-2-4-10(9)17-12/h1-4,8,15H,5-7H2. The van der Waals surface area contributed by atoms with E-state index in [1.54, 1.807) is 4.90 Å². The number of hydrogen-bond acceptors (Lipinski definition) is 4. The van der Waals surface area contributed by atoms with Crippen molar-refractivity contribution in [3.63, 3.8) is 0 Å². The number of fused-ring (bicyclic) bond motifs is 1. The van der Waals surface area contributed by atoms with Gasteiger partial charge in [-0.25, -0.2) is 4.98 Å². The maximum atomic E-state index is 11.8. The zero-order valence-corrected chi connectivity index (χ0v) is 9.98. The molecule has 1 aliphatic rings. The van der Waals surface area contributed by atoms with Crippen molar-refractivity contribution in [2.24, 2.45) is 5.92 Å². The van der Waals surface area contributed by atoms with Gasteiger partial charge in [0.1, 0.15) is 0 Å². The van der Waals surface area contributed by atoms with Crippen molar-refractivity contribution in [3.8, 4) is 0 Å². The van der Waals surface area contributed by atoms with Gasteiger partial charge in [0, 0.05) is 25.5 Å². The molecule has 3 rings (SSSR count). The number of aliphatic hydroxyl groups is 1. The number of thiazole rings is 1. The average molecular weight is 248 g/mol. The highest BCUT2D eigenvalue weighted by molar-refractivity contribution is 7.22. The van der Waals surface area contributed by atoms with E-state index in [0.29, 0.717) is 13.0 Å². The third kappa shape index (κ3) is 1.81. The van der Waals surface area contributed by atoms with E-state index in [9.17, 15) is 4.79 Å². The lowest BCUT2D eigenvalue weighted by Crippen LogP contribution is -2.24. The molecule has 1 saturated heterocycles. The maximum Gasteiger partial charge on any atom is 0.229 e. The number of rotatable bonds is 2. The molecule has 0 spiro atoms. The summed E-state index contributed by atoms with van der Waals surface area (Å²) in [5.41, 5.74) is 0.924. The molecule has 1 aromatic carbocycles. The molecule has 1 amide bonds. The Hall–Kier alpha value is -1.46. The van der Waals surface area contributed by atoms with Crippen molar-refractivity contribution < 1.29 is 9.90 Å². The molecular weight excluding hydrogens is 236 g/mol. The van der Waals surface area contributed by atoms with Gasteiger partial charge in [-0.2, -0.15) is 0 Å². The van der Waals surface area contributed by atoms with Gasteiger partial charge in [0.25, 0.3) is 0 Å². The van der Waals surface area contributed by atoms with E-state index >= 15 is 0 Å². The predicted molar refractivity (Wildman–Crippen MR) is 67.2 cm³/mol. The van der Waals surface area contributed by atoms with Crippen LogP contribution in [0.15, 0.2) is 24.3 Å². The second kappa shape index (κ2) is 4.09. The zero-order chi connectivity index (χ0) is 11.8. The summed E-state index contributed by atoms with van der Waals surface area (Å²) in [5, 5.41) is 9.84. The number of aromatic nitrogens is 1. The van der Waals surface area contributed by atoms with Crippen molar-refractivity contribution in [3.05, 3.63) is 24.3 Å². The van der Waals surface area contributed by atoms with Crippen LogP contribution in [0.5, 0.6) is 0 Å². The van der Waals surface area contributed by atoms with Gasteiger partial charge >= 0.3 is 0 Å². The number of hydrogen-bond donors (Lipinski definition) is 1. The van der Waals surface area contributed by atoms with Crippen LogP contribution >= 0.6 is 11.3 Å². The number of anilines is 1. The predicted octanol–water partition coefficient (Wildman–Crippen LogP) is 1.64. The SMILES string of the molecule is O=C1CC(CO)CN1c1nc2ccccc2s1. The Kier molecular flexibility index (Phi) is 2.57. The van der Waals surface area contributed by atoms with Gasteiger partial charge in [-0.3, -0.25) is 9.69 Å². The zero-order valence-electron chi connectivity index (χ0n) is 9.17. The lowest BCUT2D eigenvalue weighted by Gasteiger charge is -2.11. The third-order valence-corrected chi connectivity index (χ3v) is 4.04. The van der Waals surface area contributed by atoms with Crippen molar-refractivity contribution in [2.45, 2.75) is 6.42 Å². The van der Waals surface area contributed by atoms with Crippen molar-refractivity contribution in [1.29, 1.82) is 0 Å². The number of carbonyl (C=O) groups excluding carboxylic acids is 1. The Morgan fingerprint density at radius 3 is 3.00 bits per heavy atom. The average Bonchev–Trinajstić information content (AvgIpc) is 2.91. The van der Waals surface area contributed by atoms with Crippen LogP contribution in [0.1, 0.15) is 6.42 Å². The lowest BCUT2D eigenvalue weighted by molar-refractivity contribution is -0.117. The fourth-order valence-corrected chi connectivity index (χ4v) is 3.06. The fraction of sp³-hybridized carbons (Fsp3) is 0.333. The first kappa shape index (κ1) is 10.7. The van der Waals surface area contributed by atoms with Gasteiger partial charge in [-0.1, -0.05) is 23.5 Å². The number of nitrogens with zero attached hydrogens (tertiary/aromatic N) is 2. The quantitative estimate of drug-likeness (QED) is 0.879. The van der Waals surface area contributed by atoms with Gasteiger partial charge in [0.05, 0.1) is 10.2 Å². The van der Waals surface area contributed by atoms with E-state index in [0.717, 1.165) is 15.3 Å². The fourth-order valence-electron chi connectivity index (χ4n) is 2.06. The second-order valence-corrected chi connectivity index (χ2v) is 5.23. The molecule has 1 aromatic heterocycles. The van der Waals surface area contributed by atoms with E-state index in [-0.39, 0.29) is 18.4 Å². The first-order valence-electron chi connectivity index (χ1n) is 5.54. The highest BCUT2D eigenvalue weighted by Gasteiger charge is 2.31. The molecule has 0 saturated carbocycles. The van der Waals surface area contributed by atoms with Crippen molar-refractivity contribution >= 4 is 32.6 Å². The molecule has 1 unspecified atom stereocenters. The summed E-state index contributed by atoms with van der Waals surface area (Å²) in [5.74, 6) is 0.109. The van der Waals surface area contributed by atoms with Gasteiger partial charge in [0.2, 0.25) is 5.91 Å². The minimum absolute atomic E-state index is 0.0505. The lowest BCUT2D eigenvalue weighted by atomic mass is 10.1. The Labute approximate surface area is 103 Å². The van der Waals surface area contributed by atoms with Crippen LogP contribution in [0.25, 0.3) is 10.2 Å². The molecule has 17 heavy (non-hydrogen) atoms. The summed E-state index contributed by atoms with van der Waals surface area (Å²) in [6.07, 6.45) is 0.423. The molecule has 0 radical (unpaired) electrons.